The molecule has 0 aliphatic heterocycles. The smallest absolute Gasteiger partial charge is 0.337 e. The van der Waals surface area contributed by atoms with Crippen molar-refractivity contribution in [2.75, 3.05) is 0 Å². The van der Waals surface area contributed by atoms with Crippen LogP contribution in [0.5, 0.6) is 0 Å². The van der Waals surface area contributed by atoms with Gasteiger partial charge in [-0.05, 0) is 34.0 Å². The minimum atomic E-state index is 0. The van der Waals surface area contributed by atoms with Crippen LogP contribution < -0.4 is 0 Å². The van der Waals surface area contributed by atoms with E-state index in [9.17, 15) is 0 Å². The minimum Gasteiger partial charge on any atom is -0.337 e. The van der Waals surface area contributed by atoms with E-state index in [0.717, 1.165) is 17.8 Å². The molecule has 3 atom stereocenters. The van der Waals surface area contributed by atoms with Gasteiger partial charge in [0.05, 0.1) is 0 Å². The maximum Gasteiger partial charge on any atom is 3.00 e. The molecule has 0 N–H and O–H groups in total. The first kappa shape index (κ1) is 56.3. The normalized spacial score (nSPS) is 14.9. The Bertz CT molecular complexity index is 600. The predicted molar refractivity (Wildman–Crippen MR) is 226 cm³/mol. The summed E-state index contributed by atoms with van der Waals surface area (Å²) in [6, 6.07) is 0. The van der Waals surface area contributed by atoms with Crippen molar-refractivity contribution in [2.24, 2.45) is 50.2 Å². The van der Waals surface area contributed by atoms with Crippen LogP contribution in [-0.4, -0.2) is 0 Å². The maximum atomic E-state index is 4.46. The van der Waals surface area contributed by atoms with Crippen molar-refractivity contribution in [1.29, 1.82) is 0 Å². The molecule has 297 valence electrons. The molecule has 3 unspecified atom stereocenters. The standard InChI is InChI=1S/3C16H33.Cr/c3*1-8-15(7,9-2)13-14(6)16(10-3,11-4)12-5;/h3*14H,7-13H2,1-6H3;/q3*-1;+3. The Balaban J connectivity index is -0.000000307. The number of hydrogen-bond donors (Lipinski definition) is 0. The Labute approximate surface area is 327 Å². The second kappa shape index (κ2) is 27.2. The van der Waals surface area contributed by atoms with Crippen LogP contribution in [0.3, 0.4) is 0 Å². The molecule has 0 saturated heterocycles. The van der Waals surface area contributed by atoms with Crippen LogP contribution in [-0.2, 0) is 17.4 Å². The number of hydrogen-bond acceptors (Lipinski definition) is 0. The first-order chi connectivity index (χ1) is 22.3. The zero-order valence-corrected chi connectivity index (χ0v) is 39.3. The van der Waals surface area contributed by atoms with Crippen molar-refractivity contribution >= 4 is 0 Å². The zero-order valence-electron chi connectivity index (χ0n) is 38.0. The van der Waals surface area contributed by atoms with E-state index in [1.807, 2.05) is 0 Å². The summed E-state index contributed by atoms with van der Waals surface area (Å²) in [5, 5.41) is 0. The van der Waals surface area contributed by atoms with Crippen LogP contribution in [0, 0.1) is 71.0 Å². The quantitative estimate of drug-likeness (QED) is 0.0869. The van der Waals surface area contributed by atoms with E-state index in [1.165, 1.54) is 116 Å². The third-order valence-corrected chi connectivity index (χ3v) is 16.2. The van der Waals surface area contributed by atoms with Gasteiger partial charge in [0.25, 0.3) is 0 Å². The molecule has 0 spiro atoms. The van der Waals surface area contributed by atoms with Gasteiger partial charge in [-0.15, -0.1) is 0 Å². The third kappa shape index (κ3) is 17.0. The molecule has 0 saturated carbocycles. The van der Waals surface area contributed by atoms with Crippen LogP contribution >= 0.6 is 0 Å². The molecule has 0 aliphatic carbocycles. The fraction of sp³-hybridized carbons (Fsp3) is 0.938. The Morgan fingerprint density at radius 3 is 0.490 bits per heavy atom. The zero-order chi connectivity index (χ0) is 38.5. The van der Waals surface area contributed by atoms with Crippen LogP contribution in [0.25, 0.3) is 0 Å². The van der Waals surface area contributed by atoms with Crippen LogP contribution in [0.4, 0.5) is 0 Å². The predicted octanol–water partition coefficient (Wildman–Crippen LogP) is 17.6. The average molecular weight is 728 g/mol. The number of rotatable bonds is 24. The maximum absolute atomic E-state index is 4.46. The summed E-state index contributed by atoms with van der Waals surface area (Å²) in [6.45, 7) is 55.6. The fourth-order valence-corrected chi connectivity index (χ4v) is 9.60. The Kier molecular flexibility index (Phi) is 31.2. The fourth-order valence-electron chi connectivity index (χ4n) is 9.60. The van der Waals surface area contributed by atoms with E-state index in [1.54, 1.807) is 0 Å². The van der Waals surface area contributed by atoms with E-state index >= 15 is 0 Å². The van der Waals surface area contributed by atoms with Gasteiger partial charge in [-0.1, -0.05) is 240 Å². The summed E-state index contributed by atoms with van der Waals surface area (Å²) in [4.78, 5) is 0. The van der Waals surface area contributed by atoms with Crippen LogP contribution in [0.15, 0.2) is 0 Å². The molecule has 0 bridgehead atoms. The topological polar surface area (TPSA) is 0 Å². The molecule has 0 fully saturated rings. The van der Waals surface area contributed by atoms with Gasteiger partial charge >= 0.3 is 17.4 Å². The average Bonchev–Trinajstić information content (AvgIpc) is 3.11. The molecule has 49 heavy (non-hydrogen) atoms. The van der Waals surface area contributed by atoms with Crippen LogP contribution in [0.1, 0.15) is 240 Å². The molecule has 0 aromatic rings. The monoisotopic (exact) mass is 728 g/mol. The second-order valence-corrected chi connectivity index (χ2v) is 17.2. The van der Waals surface area contributed by atoms with Gasteiger partial charge in [-0.25, -0.2) is 0 Å². The molecule has 1 heteroatoms. The SMILES string of the molecule is [CH2-]C(CC)(CC)CC(C)C(CC)(CC)CC.[CH2-]C(CC)(CC)CC(C)C(CC)(CC)CC.[CH2-]C(CC)(CC)CC(C)C(CC)(CC)CC.[Cr+3]. The first-order valence-corrected chi connectivity index (χ1v) is 21.9. The van der Waals surface area contributed by atoms with Gasteiger partial charge in [0, 0.05) is 0 Å². The summed E-state index contributed by atoms with van der Waals surface area (Å²) in [5.74, 6) is 2.39. The van der Waals surface area contributed by atoms with E-state index < -0.39 is 0 Å². The van der Waals surface area contributed by atoms with Crippen molar-refractivity contribution in [2.45, 2.75) is 240 Å². The molecule has 0 aromatic heterocycles. The molecular weight excluding hydrogens is 629 g/mol. The summed E-state index contributed by atoms with van der Waals surface area (Å²) >= 11 is 0. The van der Waals surface area contributed by atoms with E-state index in [2.05, 4.69) is 145 Å². The van der Waals surface area contributed by atoms with Crippen molar-refractivity contribution in [3.63, 3.8) is 0 Å². The third-order valence-electron chi connectivity index (χ3n) is 16.2. The van der Waals surface area contributed by atoms with Gasteiger partial charge in [0.2, 0.25) is 0 Å². The van der Waals surface area contributed by atoms with E-state index in [-0.39, 0.29) is 17.4 Å². The second-order valence-electron chi connectivity index (χ2n) is 17.2. The summed E-state index contributed by atoms with van der Waals surface area (Å²) < 4.78 is 0. The molecule has 1 radical (unpaired) electrons. The van der Waals surface area contributed by atoms with Gasteiger partial charge in [-0.3, -0.25) is 0 Å². The molecule has 0 aliphatic rings. The Morgan fingerprint density at radius 1 is 0.286 bits per heavy atom. The van der Waals surface area contributed by atoms with Gasteiger partial charge in [0.15, 0.2) is 0 Å². The van der Waals surface area contributed by atoms with E-state index in [4.69, 9.17) is 0 Å². The van der Waals surface area contributed by atoms with Gasteiger partial charge in [0.1, 0.15) is 0 Å². The molecule has 0 amide bonds. The molecule has 0 rings (SSSR count). The van der Waals surface area contributed by atoms with Crippen molar-refractivity contribution in [1.82, 2.24) is 0 Å². The van der Waals surface area contributed by atoms with Crippen molar-refractivity contribution in [3.05, 3.63) is 20.8 Å². The Hall–Kier alpha value is 0.532. The van der Waals surface area contributed by atoms with Crippen LogP contribution in [0.2, 0.25) is 0 Å². The van der Waals surface area contributed by atoms with Gasteiger partial charge < -0.3 is 20.8 Å². The van der Waals surface area contributed by atoms with Crippen molar-refractivity contribution < 1.29 is 17.4 Å². The summed E-state index contributed by atoms with van der Waals surface area (Å²) in [6.07, 6.45) is 22.9. The minimum absolute atomic E-state index is 0. The largest absolute Gasteiger partial charge is 3.00 e. The van der Waals surface area contributed by atoms with E-state index in [0.29, 0.717) is 32.5 Å². The van der Waals surface area contributed by atoms with Crippen molar-refractivity contribution in [3.8, 4) is 0 Å². The Morgan fingerprint density at radius 2 is 0.408 bits per heavy atom. The molecule has 0 heterocycles. The summed E-state index contributed by atoms with van der Waals surface area (Å²) in [5.41, 5.74) is 2.58. The van der Waals surface area contributed by atoms with Gasteiger partial charge in [-0.2, -0.15) is 16.2 Å². The first-order valence-electron chi connectivity index (χ1n) is 21.9. The molecule has 0 aromatic carbocycles. The summed E-state index contributed by atoms with van der Waals surface area (Å²) in [7, 11) is 0. The molecule has 0 nitrogen and oxygen atoms in total. The molecular formula is C48H99Cr.